The number of benzene rings is 1. The predicted octanol–water partition coefficient (Wildman–Crippen LogP) is 2.27. The van der Waals surface area contributed by atoms with Crippen LogP contribution >= 0.6 is 0 Å². The van der Waals surface area contributed by atoms with Gasteiger partial charge in [0.15, 0.2) is 0 Å². The van der Waals surface area contributed by atoms with Crippen molar-refractivity contribution in [2.75, 3.05) is 13.6 Å². The fourth-order valence-electron chi connectivity index (χ4n) is 2.26. The van der Waals surface area contributed by atoms with Gasteiger partial charge >= 0.3 is 0 Å². The van der Waals surface area contributed by atoms with Gasteiger partial charge in [-0.15, -0.1) is 0 Å². The first-order valence-corrected chi connectivity index (χ1v) is 5.46. The summed E-state index contributed by atoms with van der Waals surface area (Å²) in [6, 6.07) is 10.6. The van der Waals surface area contributed by atoms with E-state index in [2.05, 4.69) is 24.1 Å². The fraction of sp³-hybridized carbons (Fsp3) is 0.462. The molecule has 2 nitrogen and oxygen atoms in total. The maximum absolute atomic E-state index is 11.7. The van der Waals surface area contributed by atoms with Crippen LogP contribution in [-0.4, -0.2) is 24.3 Å². The van der Waals surface area contributed by atoms with E-state index in [1.807, 2.05) is 25.1 Å². The van der Waals surface area contributed by atoms with Gasteiger partial charge in [-0.25, -0.2) is 0 Å². The van der Waals surface area contributed by atoms with E-state index in [1.165, 1.54) is 5.56 Å². The lowest BCUT2D eigenvalue weighted by Crippen LogP contribution is -2.39. The maximum Gasteiger partial charge on any atom is 0.138 e. The van der Waals surface area contributed by atoms with Crippen molar-refractivity contribution in [3.63, 3.8) is 0 Å². The molecule has 0 N–H and O–H groups in total. The third-order valence-corrected chi connectivity index (χ3v) is 3.22. The van der Waals surface area contributed by atoms with Gasteiger partial charge in [0.2, 0.25) is 0 Å². The molecule has 1 aromatic carbocycles. The number of carbonyl (C=O) groups is 1. The highest BCUT2D eigenvalue weighted by atomic mass is 16.1. The molecular weight excluding hydrogens is 186 g/mol. The second-order valence-corrected chi connectivity index (χ2v) is 4.44. The van der Waals surface area contributed by atoms with Crippen LogP contribution in [0.3, 0.4) is 0 Å². The Bertz CT molecular complexity index is 347. The number of hydrogen-bond donors (Lipinski definition) is 0. The second-order valence-electron chi connectivity index (χ2n) is 4.44. The largest absolute Gasteiger partial charge is 0.299 e. The number of hydrogen-bond acceptors (Lipinski definition) is 2. The molecule has 0 unspecified atom stereocenters. The topological polar surface area (TPSA) is 20.3 Å². The monoisotopic (exact) mass is 203 g/mol. The van der Waals surface area contributed by atoms with E-state index in [0.717, 1.165) is 6.54 Å². The number of piperidine rings is 1. The molecule has 0 spiro atoms. The summed E-state index contributed by atoms with van der Waals surface area (Å²) in [5.74, 6) is 0.580. The second kappa shape index (κ2) is 4.15. The summed E-state index contributed by atoms with van der Waals surface area (Å²) >= 11 is 0. The standard InChI is InChI=1S/C13H17NO/c1-10-9-14(2)12(8-13(10)15)11-6-4-3-5-7-11/h3-7,10,12H,8-9H2,1-2H3/t10-,12-/m1/s1. The molecule has 0 amide bonds. The third kappa shape index (κ3) is 2.10. The summed E-state index contributed by atoms with van der Waals surface area (Å²) < 4.78 is 0. The highest BCUT2D eigenvalue weighted by molar-refractivity contribution is 5.82. The van der Waals surface area contributed by atoms with Gasteiger partial charge in [-0.2, -0.15) is 0 Å². The highest BCUT2D eigenvalue weighted by Gasteiger charge is 2.30. The number of likely N-dealkylation sites (tertiary alicyclic amines) is 1. The maximum atomic E-state index is 11.7. The Morgan fingerprint density at radius 1 is 1.27 bits per heavy atom. The molecule has 0 aromatic heterocycles. The van der Waals surface area contributed by atoms with Crippen LogP contribution in [0.4, 0.5) is 0 Å². The van der Waals surface area contributed by atoms with Gasteiger partial charge in [0, 0.05) is 24.9 Å². The minimum atomic E-state index is 0.190. The van der Waals surface area contributed by atoms with Gasteiger partial charge in [0.05, 0.1) is 0 Å². The summed E-state index contributed by atoms with van der Waals surface area (Å²) in [6.07, 6.45) is 0.654. The first-order valence-electron chi connectivity index (χ1n) is 5.46. The van der Waals surface area contributed by atoms with Crippen LogP contribution < -0.4 is 0 Å². The van der Waals surface area contributed by atoms with Crippen LogP contribution in [0.2, 0.25) is 0 Å². The Morgan fingerprint density at radius 2 is 1.93 bits per heavy atom. The van der Waals surface area contributed by atoms with Crippen LogP contribution in [0.1, 0.15) is 24.9 Å². The SMILES string of the molecule is C[C@@H]1CN(C)[C@@H](c2ccccc2)CC1=O. The van der Waals surface area contributed by atoms with Gasteiger partial charge < -0.3 is 0 Å². The smallest absolute Gasteiger partial charge is 0.138 e. The average molecular weight is 203 g/mol. The summed E-state index contributed by atoms with van der Waals surface area (Å²) in [7, 11) is 2.10. The van der Waals surface area contributed by atoms with Crippen molar-refractivity contribution in [3.05, 3.63) is 35.9 Å². The first-order chi connectivity index (χ1) is 7.18. The van der Waals surface area contributed by atoms with Crippen molar-refractivity contribution < 1.29 is 4.79 Å². The van der Waals surface area contributed by atoms with Crippen molar-refractivity contribution >= 4 is 5.78 Å². The van der Waals surface area contributed by atoms with Crippen molar-refractivity contribution in [1.82, 2.24) is 4.90 Å². The molecule has 80 valence electrons. The minimum absolute atomic E-state index is 0.190. The lowest BCUT2D eigenvalue weighted by atomic mass is 9.89. The van der Waals surface area contributed by atoms with E-state index in [-0.39, 0.29) is 12.0 Å². The highest BCUT2D eigenvalue weighted by Crippen LogP contribution is 2.29. The summed E-state index contributed by atoms with van der Waals surface area (Å²) in [4.78, 5) is 14.0. The predicted molar refractivity (Wildman–Crippen MR) is 60.6 cm³/mol. The molecule has 2 atom stereocenters. The molecule has 1 aliphatic heterocycles. The molecule has 2 heteroatoms. The lowest BCUT2D eigenvalue weighted by Gasteiger charge is -2.35. The van der Waals surface area contributed by atoms with E-state index in [4.69, 9.17) is 0 Å². The van der Waals surface area contributed by atoms with E-state index in [0.29, 0.717) is 12.2 Å². The summed E-state index contributed by atoms with van der Waals surface area (Å²) in [5, 5.41) is 0. The van der Waals surface area contributed by atoms with Gasteiger partial charge in [-0.05, 0) is 12.6 Å². The Labute approximate surface area is 90.9 Å². The molecule has 1 aromatic rings. The van der Waals surface area contributed by atoms with E-state index in [1.54, 1.807) is 0 Å². The van der Waals surface area contributed by atoms with Crippen LogP contribution in [0.15, 0.2) is 30.3 Å². The molecule has 1 saturated heterocycles. The molecule has 1 aliphatic rings. The molecule has 0 radical (unpaired) electrons. The first kappa shape index (κ1) is 10.4. The number of rotatable bonds is 1. The number of carbonyl (C=O) groups excluding carboxylic acids is 1. The Balaban J connectivity index is 2.20. The van der Waals surface area contributed by atoms with Gasteiger partial charge in [-0.3, -0.25) is 9.69 Å². The zero-order valence-electron chi connectivity index (χ0n) is 9.31. The quantitative estimate of drug-likeness (QED) is 0.698. The van der Waals surface area contributed by atoms with E-state index >= 15 is 0 Å². The fourth-order valence-corrected chi connectivity index (χ4v) is 2.26. The number of Topliss-reactive ketones (excluding diaryl/α,β-unsaturated/α-hetero) is 1. The van der Waals surface area contributed by atoms with Crippen LogP contribution in [0.25, 0.3) is 0 Å². The molecule has 1 heterocycles. The molecule has 0 saturated carbocycles. The van der Waals surface area contributed by atoms with E-state index < -0.39 is 0 Å². The van der Waals surface area contributed by atoms with Gasteiger partial charge in [-0.1, -0.05) is 37.3 Å². The van der Waals surface area contributed by atoms with Crippen molar-refractivity contribution in [3.8, 4) is 0 Å². The molecular formula is C13H17NO. The Kier molecular flexibility index (Phi) is 2.87. The lowest BCUT2D eigenvalue weighted by molar-refractivity contribution is -0.127. The van der Waals surface area contributed by atoms with E-state index in [9.17, 15) is 4.79 Å². The zero-order valence-corrected chi connectivity index (χ0v) is 9.31. The molecule has 2 rings (SSSR count). The molecule has 15 heavy (non-hydrogen) atoms. The summed E-state index contributed by atoms with van der Waals surface area (Å²) in [6.45, 7) is 2.89. The van der Waals surface area contributed by atoms with Crippen LogP contribution in [0.5, 0.6) is 0 Å². The summed E-state index contributed by atoms with van der Waals surface area (Å²) in [5.41, 5.74) is 1.25. The molecule has 0 aliphatic carbocycles. The van der Waals surface area contributed by atoms with Crippen LogP contribution in [-0.2, 0) is 4.79 Å². The van der Waals surface area contributed by atoms with Gasteiger partial charge in [0.1, 0.15) is 5.78 Å². The number of nitrogens with zero attached hydrogens (tertiary/aromatic N) is 1. The Morgan fingerprint density at radius 3 is 2.60 bits per heavy atom. The van der Waals surface area contributed by atoms with Crippen molar-refractivity contribution in [1.29, 1.82) is 0 Å². The minimum Gasteiger partial charge on any atom is -0.299 e. The van der Waals surface area contributed by atoms with Crippen molar-refractivity contribution in [2.24, 2.45) is 5.92 Å². The third-order valence-electron chi connectivity index (χ3n) is 3.22. The van der Waals surface area contributed by atoms with Gasteiger partial charge in [0.25, 0.3) is 0 Å². The average Bonchev–Trinajstić information content (AvgIpc) is 2.25. The normalized spacial score (nSPS) is 28.0. The number of ketones is 1. The molecule has 0 bridgehead atoms. The van der Waals surface area contributed by atoms with Crippen molar-refractivity contribution in [2.45, 2.75) is 19.4 Å². The van der Waals surface area contributed by atoms with Crippen LogP contribution in [0, 0.1) is 5.92 Å². The Hall–Kier alpha value is -1.15. The zero-order chi connectivity index (χ0) is 10.8. The molecule has 1 fully saturated rings.